The van der Waals surface area contributed by atoms with Gasteiger partial charge in [-0.1, -0.05) is 0 Å². The predicted octanol–water partition coefficient (Wildman–Crippen LogP) is 2.44. The van der Waals surface area contributed by atoms with E-state index in [-0.39, 0.29) is 11.8 Å². The van der Waals surface area contributed by atoms with Crippen LogP contribution in [0.25, 0.3) is 11.0 Å². The van der Waals surface area contributed by atoms with Crippen LogP contribution in [0, 0.1) is 0 Å². The molecular weight excluding hydrogens is 230 g/mol. The lowest BCUT2D eigenvalue weighted by atomic mass is 10.1. The summed E-state index contributed by atoms with van der Waals surface area (Å²) in [5.41, 5.74) is 0.841. The number of hydrogen-bond donors (Lipinski definition) is 1. The molecule has 94 valence electrons. The van der Waals surface area contributed by atoms with E-state index in [9.17, 15) is 4.79 Å². The Morgan fingerprint density at radius 1 is 1.44 bits per heavy atom. The van der Waals surface area contributed by atoms with Crippen molar-refractivity contribution < 1.29 is 13.9 Å². The van der Waals surface area contributed by atoms with Crippen molar-refractivity contribution in [3.63, 3.8) is 0 Å². The largest absolute Gasteiger partial charge is 0.494 e. The molecule has 1 fully saturated rings. The van der Waals surface area contributed by atoms with E-state index in [1.54, 1.807) is 0 Å². The third-order valence-corrected chi connectivity index (χ3v) is 3.20. The molecule has 0 saturated carbocycles. The van der Waals surface area contributed by atoms with Crippen LogP contribution in [0.15, 0.2) is 28.7 Å². The van der Waals surface area contributed by atoms with Crippen LogP contribution in [-0.2, 0) is 4.79 Å². The average molecular weight is 245 g/mol. The fourth-order valence-corrected chi connectivity index (χ4v) is 2.31. The number of carbonyl (C=O) groups is 1. The highest BCUT2D eigenvalue weighted by Crippen LogP contribution is 2.30. The molecule has 1 aliphatic heterocycles. The standard InChI is InChI=1S/C14H15NO3/c1-2-17-11-3-4-12-9(5-11)6-13(18-12)10-7-14(16)15-8-10/h3-6,10H,2,7-8H2,1H3,(H,15,16). The molecule has 4 nitrogen and oxygen atoms in total. The summed E-state index contributed by atoms with van der Waals surface area (Å²) in [6, 6.07) is 7.78. The molecule has 2 aromatic rings. The van der Waals surface area contributed by atoms with E-state index in [0.29, 0.717) is 19.6 Å². The van der Waals surface area contributed by atoms with E-state index in [0.717, 1.165) is 22.5 Å². The van der Waals surface area contributed by atoms with Gasteiger partial charge >= 0.3 is 0 Å². The van der Waals surface area contributed by atoms with Gasteiger partial charge in [-0.05, 0) is 31.2 Å². The Morgan fingerprint density at radius 3 is 3.06 bits per heavy atom. The number of benzene rings is 1. The molecule has 2 heterocycles. The second kappa shape index (κ2) is 4.37. The first-order valence-corrected chi connectivity index (χ1v) is 6.19. The summed E-state index contributed by atoms with van der Waals surface area (Å²) < 4.78 is 11.2. The van der Waals surface area contributed by atoms with Crippen molar-refractivity contribution in [3.05, 3.63) is 30.0 Å². The first-order valence-electron chi connectivity index (χ1n) is 6.19. The van der Waals surface area contributed by atoms with Crippen LogP contribution in [0.4, 0.5) is 0 Å². The van der Waals surface area contributed by atoms with Gasteiger partial charge in [0.15, 0.2) is 0 Å². The maximum Gasteiger partial charge on any atom is 0.220 e. The van der Waals surface area contributed by atoms with Crippen molar-refractivity contribution in [2.24, 2.45) is 0 Å². The number of amides is 1. The molecule has 0 spiro atoms. The maximum absolute atomic E-state index is 11.2. The molecule has 1 aliphatic rings. The Balaban J connectivity index is 1.93. The van der Waals surface area contributed by atoms with Crippen molar-refractivity contribution in [1.82, 2.24) is 5.32 Å². The van der Waals surface area contributed by atoms with Gasteiger partial charge in [0.25, 0.3) is 0 Å². The molecule has 1 saturated heterocycles. The topological polar surface area (TPSA) is 51.5 Å². The van der Waals surface area contributed by atoms with Gasteiger partial charge in [-0.2, -0.15) is 0 Å². The van der Waals surface area contributed by atoms with Crippen LogP contribution in [-0.4, -0.2) is 19.1 Å². The van der Waals surface area contributed by atoms with Crippen LogP contribution < -0.4 is 10.1 Å². The summed E-state index contributed by atoms with van der Waals surface area (Å²) in [7, 11) is 0. The Morgan fingerprint density at radius 2 is 2.33 bits per heavy atom. The SMILES string of the molecule is CCOc1ccc2oc(C3CNC(=O)C3)cc2c1. The third kappa shape index (κ3) is 1.94. The van der Waals surface area contributed by atoms with Gasteiger partial charge in [0.2, 0.25) is 5.91 Å². The molecule has 1 unspecified atom stereocenters. The summed E-state index contributed by atoms with van der Waals surface area (Å²) in [5, 5.41) is 3.84. The Labute approximate surface area is 105 Å². The molecule has 3 rings (SSSR count). The lowest BCUT2D eigenvalue weighted by Crippen LogP contribution is -2.13. The monoisotopic (exact) mass is 245 g/mol. The van der Waals surface area contributed by atoms with Gasteiger partial charge < -0.3 is 14.5 Å². The fourth-order valence-electron chi connectivity index (χ4n) is 2.31. The molecule has 4 heteroatoms. The van der Waals surface area contributed by atoms with Gasteiger partial charge in [0.05, 0.1) is 6.61 Å². The molecule has 1 N–H and O–H groups in total. The highest BCUT2D eigenvalue weighted by Gasteiger charge is 2.25. The molecule has 18 heavy (non-hydrogen) atoms. The third-order valence-electron chi connectivity index (χ3n) is 3.20. The van der Waals surface area contributed by atoms with E-state index >= 15 is 0 Å². The van der Waals surface area contributed by atoms with E-state index in [4.69, 9.17) is 9.15 Å². The molecule has 0 bridgehead atoms. The number of nitrogens with one attached hydrogen (secondary N) is 1. The number of carbonyl (C=O) groups excluding carboxylic acids is 1. The molecular formula is C14H15NO3. The minimum Gasteiger partial charge on any atom is -0.494 e. The normalized spacial score (nSPS) is 19.2. The molecule has 1 aromatic heterocycles. The summed E-state index contributed by atoms with van der Waals surface area (Å²) in [5.74, 6) is 1.96. The van der Waals surface area contributed by atoms with E-state index in [1.165, 1.54) is 0 Å². The van der Waals surface area contributed by atoms with Gasteiger partial charge in [-0.25, -0.2) is 0 Å². The first kappa shape index (κ1) is 11.1. The number of ether oxygens (including phenoxy) is 1. The van der Waals surface area contributed by atoms with Crippen molar-refractivity contribution >= 4 is 16.9 Å². The van der Waals surface area contributed by atoms with Crippen molar-refractivity contribution in [1.29, 1.82) is 0 Å². The number of fused-ring (bicyclic) bond motifs is 1. The fraction of sp³-hybridized carbons (Fsp3) is 0.357. The lowest BCUT2D eigenvalue weighted by molar-refractivity contribution is -0.119. The molecule has 0 aliphatic carbocycles. The van der Waals surface area contributed by atoms with Gasteiger partial charge in [-0.15, -0.1) is 0 Å². The number of rotatable bonds is 3. The summed E-state index contributed by atoms with van der Waals surface area (Å²) in [6.45, 7) is 3.27. The summed E-state index contributed by atoms with van der Waals surface area (Å²) >= 11 is 0. The van der Waals surface area contributed by atoms with E-state index in [1.807, 2.05) is 31.2 Å². The number of hydrogen-bond acceptors (Lipinski definition) is 3. The second-order valence-electron chi connectivity index (χ2n) is 4.49. The van der Waals surface area contributed by atoms with Crippen molar-refractivity contribution in [2.75, 3.05) is 13.2 Å². The van der Waals surface area contributed by atoms with Crippen LogP contribution in [0.2, 0.25) is 0 Å². The summed E-state index contributed by atoms with van der Waals surface area (Å²) in [4.78, 5) is 11.2. The first-order chi connectivity index (χ1) is 8.76. The molecule has 1 aromatic carbocycles. The van der Waals surface area contributed by atoms with Gasteiger partial charge in [0, 0.05) is 24.3 Å². The van der Waals surface area contributed by atoms with Gasteiger partial charge in [0.1, 0.15) is 17.1 Å². The number of furan rings is 1. The zero-order chi connectivity index (χ0) is 12.5. The van der Waals surface area contributed by atoms with Crippen molar-refractivity contribution in [3.8, 4) is 5.75 Å². The van der Waals surface area contributed by atoms with E-state index in [2.05, 4.69) is 5.32 Å². The predicted molar refractivity (Wildman–Crippen MR) is 67.8 cm³/mol. The maximum atomic E-state index is 11.2. The minimum absolute atomic E-state index is 0.0930. The Hall–Kier alpha value is -1.97. The summed E-state index contributed by atoms with van der Waals surface area (Å²) in [6.07, 6.45) is 0.512. The smallest absolute Gasteiger partial charge is 0.220 e. The van der Waals surface area contributed by atoms with E-state index < -0.39 is 0 Å². The van der Waals surface area contributed by atoms with Crippen LogP contribution in [0.5, 0.6) is 5.75 Å². The van der Waals surface area contributed by atoms with Crippen LogP contribution in [0.3, 0.4) is 0 Å². The lowest BCUT2D eigenvalue weighted by Gasteiger charge is -2.01. The Bertz CT molecular complexity index is 588. The molecule has 0 radical (unpaired) electrons. The second-order valence-corrected chi connectivity index (χ2v) is 4.49. The highest BCUT2D eigenvalue weighted by molar-refractivity contribution is 5.82. The Kier molecular flexibility index (Phi) is 2.70. The minimum atomic E-state index is 0.0930. The quantitative estimate of drug-likeness (QED) is 0.903. The van der Waals surface area contributed by atoms with Crippen LogP contribution in [0.1, 0.15) is 25.0 Å². The molecule has 1 atom stereocenters. The van der Waals surface area contributed by atoms with Gasteiger partial charge in [-0.3, -0.25) is 4.79 Å². The zero-order valence-electron chi connectivity index (χ0n) is 10.2. The molecule has 1 amide bonds. The van der Waals surface area contributed by atoms with Crippen LogP contribution >= 0.6 is 0 Å². The van der Waals surface area contributed by atoms with Crippen molar-refractivity contribution in [2.45, 2.75) is 19.3 Å². The average Bonchev–Trinajstić information content (AvgIpc) is 2.94. The highest BCUT2D eigenvalue weighted by atomic mass is 16.5. The zero-order valence-corrected chi connectivity index (χ0v) is 10.2.